The fraction of sp³-hybridized carbons (Fsp3) is 0.516. The summed E-state index contributed by atoms with van der Waals surface area (Å²) in [6, 6.07) is 23.1. The molecular weight excluding hydrogens is 464 g/mol. The van der Waals surface area contributed by atoms with E-state index in [9.17, 15) is 5.11 Å². The molecule has 1 aliphatic carbocycles. The maximum atomic E-state index is 12.2. The Morgan fingerprint density at radius 3 is 2.33 bits per heavy atom. The molecule has 2 unspecified atom stereocenters. The Hall–Kier alpha value is -2.08. The van der Waals surface area contributed by atoms with Gasteiger partial charge in [0.2, 0.25) is 0 Å². The van der Waals surface area contributed by atoms with Crippen LogP contribution in [0.15, 0.2) is 71.3 Å². The van der Waals surface area contributed by atoms with E-state index in [1.54, 1.807) is 0 Å². The van der Waals surface area contributed by atoms with E-state index in [0.29, 0.717) is 10.9 Å². The van der Waals surface area contributed by atoms with Gasteiger partial charge in [-0.15, -0.1) is 11.8 Å². The van der Waals surface area contributed by atoms with E-state index in [2.05, 4.69) is 65.4 Å². The summed E-state index contributed by atoms with van der Waals surface area (Å²) in [5.74, 6) is 3.06. The monoisotopic (exact) mass is 503 g/mol. The highest BCUT2D eigenvalue weighted by Gasteiger charge is 2.47. The van der Waals surface area contributed by atoms with Crippen LogP contribution in [0.1, 0.15) is 67.5 Å². The smallest absolute Gasteiger partial charge is 0.191 e. The van der Waals surface area contributed by atoms with Crippen molar-refractivity contribution in [1.82, 2.24) is 5.16 Å². The molecule has 0 amide bonds. The minimum Gasteiger partial charge on any atom is -0.378 e. The molecular formula is C31H39N2O2S+. The number of thioether (sulfide) groups is 1. The standard InChI is InChI=1S/C31H39N2O2S/c34-31(26-12-6-2-7-13-26,27-14-8-3-9-15-27)30-20-28(35-32-30)21-33-18-16-25(17-19-33)29(22-33)36-23-24-10-4-1-5-11-24/h1-2,4-7,10-13,20,25,27,29,34H,3,8-9,14-19,21-23H2/q+1. The summed E-state index contributed by atoms with van der Waals surface area (Å²) in [5, 5.41) is 17.5. The highest BCUT2D eigenvalue weighted by Crippen LogP contribution is 2.45. The minimum atomic E-state index is -1.08. The number of rotatable bonds is 8. The van der Waals surface area contributed by atoms with Gasteiger partial charge >= 0.3 is 0 Å². The van der Waals surface area contributed by atoms with Gasteiger partial charge in [0.1, 0.15) is 17.8 Å². The Morgan fingerprint density at radius 2 is 1.61 bits per heavy atom. The summed E-state index contributed by atoms with van der Waals surface area (Å²) in [5.41, 5.74) is 2.00. The highest BCUT2D eigenvalue weighted by molar-refractivity contribution is 7.99. The van der Waals surface area contributed by atoms with Gasteiger partial charge in [-0.3, -0.25) is 0 Å². The maximum absolute atomic E-state index is 12.2. The SMILES string of the molecule is OC(c1ccccc1)(c1cc(C[N+]23CCC(CC2)C(SCc2ccccc2)C3)on1)C1CCCCC1. The molecule has 4 fully saturated rings. The largest absolute Gasteiger partial charge is 0.378 e. The lowest BCUT2D eigenvalue weighted by molar-refractivity contribution is -0.954. The van der Waals surface area contributed by atoms with Crippen molar-refractivity contribution < 1.29 is 14.1 Å². The lowest BCUT2D eigenvalue weighted by Crippen LogP contribution is -2.62. The molecule has 4 nitrogen and oxygen atoms in total. The van der Waals surface area contributed by atoms with Crippen LogP contribution in [-0.2, 0) is 17.9 Å². The van der Waals surface area contributed by atoms with E-state index in [-0.39, 0.29) is 5.92 Å². The van der Waals surface area contributed by atoms with Crippen molar-refractivity contribution in [3.63, 3.8) is 0 Å². The first-order valence-electron chi connectivity index (χ1n) is 13.9. The van der Waals surface area contributed by atoms with Crippen LogP contribution in [0.2, 0.25) is 0 Å². The third-order valence-corrected chi connectivity index (χ3v) is 10.7. The number of piperidine rings is 3. The van der Waals surface area contributed by atoms with Gasteiger partial charge in [-0.25, -0.2) is 0 Å². The fourth-order valence-corrected chi connectivity index (χ4v) is 8.68. The van der Waals surface area contributed by atoms with Gasteiger partial charge in [-0.05, 0) is 35.8 Å². The van der Waals surface area contributed by atoms with E-state index < -0.39 is 5.60 Å². The first-order valence-corrected chi connectivity index (χ1v) is 14.9. The number of aromatic nitrogens is 1. The van der Waals surface area contributed by atoms with Crippen LogP contribution < -0.4 is 0 Å². The number of nitrogens with zero attached hydrogens (tertiary/aromatic N) is 2. The Labute approximate surface area is 219 Å². The molecule has 4 aliphatic rings. The van der Waals surface area contributed by atoms with Crippen LogP contribution in [-0.4, -0.2) is 39.6 Å². The Bertz CT molecular complexity index is 1120. The quantitative estimate of drug-likeness (QED) is 0.355. The number of benzene rings is 2. The molecule has 1 saturated carbocycles. The molecule has 36 heavy (non-hydrogen) atoms. The number of fused-ring (bicyclic) bond motifs is 3. The number of quaternary nitrogens is 1. The van der Waals surface area contributed by atoms with Crippen LogP contribution in [0.3, 0.4) is 0 Å². The number of hydrogen-bond donors (Lipinski definition) is 1. The summed E-state index contributed by atoms with van der Waals surface area (Å²) >= 11 is 2.15. The number of hydrogen-bond acceptors (Lipinski definition) is 4. The fourth-order valence-electron chi connectivity index (χ4n) is 7.11. The second-order valence-corrected chi connectivity index (χ2v) is 12.7. The molecule has 0 radical (unpaired) electrons. The van der Waals surface area contributed by atoms with Crippen molar-refractivity contribution >= 4 is 11.8 Å². The Morgan fingerprint density at radius 1 is 0.917 bits per heavy atom. The van der Waals surface area contributed by atoms with E-state index in [4.69, 9.17) is 4.52 Å². The molecule has 1 N–H and O–H groups in total. The average Bonchev–Trinajstić information content (AvgIpc) is 3.42. The van der Waals surface area contributed by atoms with E-state index in [1.807, 2.05) is 18.2 Å². The zero-order valence-corrected chi connectivity index (χ0v) is 22.0. The third kappa shape index (κ3) is 4.78. The van der Waals surface area contributed by atoms with Gasteiger partial charge in [0, 0.05) is 24.7 Å². The van der Waals surface area contributed by atoms with Crippen LogP contribution in [0.5, 0.6) is 0 Å². The van der Waals surface area contributed by atoms with Crippen LogP contribution in [0, 0.1) is 11.8 Å². The van der Waals surface area contributed by atoms with E-state index >= 15 is 0 Å². The van der Waals surface area contributed by atoms with Crippen LogP contribution in [0.25, 0.3) is 0 Å². The van der Waals surface area contributed by atoms with Crippen molar-refractivity contribution in [2.24, 2.45) is 11.8 Å². The van der Waals surface area contributed by atoms with Crippen molar-refractivity contribution in [2.75, 3.05) is 19.6 Å². The molecule has 7 rings (SSSR count). The zero-order valence-electron chi connectivity index (χ0n) is 21.2. The second kappa shape index (κ2) is 10.4. The predicted molar refractivity (Wildman–Crippen MR) is 145 cm³/mol. The highest BCUT2D eigenvalue weighted by atomic mass is 32.2. The van der Waals surface area contributed by atoms with Gasteiger partial charge < -0.3 is 14.1 Å². The summed E-state index contributed by atoms with van der Waals surface area (Å²) in [6.07, 6.45) is 8.30. The Kier molecular flexibility index (Phi) is 6.98. The first-order chi connectivity index (χ1) is 17.6. The van der Waals surface area contributed by atoms with Gasteiger partial charge in [0.15, 0.2) is 5.76 Å². The summed E-state index contributed by atoms with van der Waals surface area (Å²) in [6.45, 7) is 4.56. The summed E-state index contributed by atoms with van der Waals surface area (Å²) in [4.78, 5) is 0. The molecule has 1 aromatic heterocycles. The molecule has 4 heterocycles. The molecule has 0 spiro atoms. The topological polar surface area (TPSA) is 46.3 Å². The van der Waals surface area contributed by atoms with E-state index in [1.165, 1.54) is 57.3 Å². The van der Waals surface area contributed by atoms with Gasteiger partial charge in [0.25, 0.3) is 0 Å². The Balaban J connectivity index is 1.20. The molecule has 3 aromatic rings. The lowest BCUT2D eigenvalue weighted by Gasteiger charge is -2.52. The zero-order chi connectivity index (χ0) is 24.4. The van der Waals surface area contributed by atoms with Crippen LogP contribution in [0.4, 0.5) is 0 Å². The lowest BCUT2D eigenvalue weighted by atomic mass is 9.71. The average molecular weight is 504 g/mol. The molecule has 190 valence electrons. The minimum absolute atomic E-state index is 0.183. The van der Waals surface area contributed by atoms with Crippen molar-refractivity contribution in [3.8, 4) is 0 Å². The number of aliphatic hydroxyl groups is 1. The molecule has 3 saturated heterocycles. The van der Waals surface area contributed by atoms with Crippen molar-refractivity contribution in [1.29, 1.82) is 0 Å². The molecule has 2 aromatic carbocycles. The normalized spacial score (nSPS) is 28.1. The van der Waals surface area contributed by atoms with Gasteiger partial charge in [-0.2, -0.15) is 0 Å². The van der Waals surface area contributed by atoms with Crippen molar-refractivity contribution in [2.45, 2.75) is 68.1 Å². The summed E-state index contributed by atoms with van der Waals surface area (Å²) < 4.78 is 7.10. The summed E-state index contributed by atoms with van der Waals surface area (Å²) in [7, 11) is 0. The second-order valence-electron chi connectivity index (χ2n) is 11.4. The molecule has 2 bridgehead atoms. The van der Waals surface area contributed by atoms with Gasteiger partial charge in [-0.1, -0.05) is 85.1 Å². The molecule has 5 heteroatoms. The third-order valence-electron chi connectivity index (χ3n) is 9.20. The van der Waals surface area contributed by atoms with E-state index in [0.717, 1.165) is 46.9 Å². The molecule has 3 aliphatic heterocycles. The predicted octanol–water partition coefficient (Wildman–Crippen LogP) is 6.53. The van der Waals surface area contributed by atoms with Gasteiger partial charge in [0.05, 0.1) is 24.9 Å². The molecule has 2 atom stereocenters. The van der Waals surface area contributed by atoms with Crippen molar-refractivity contribution in [3.05, 3.63) is 89.3 Å². The first kappa shape index (κ1) is 24.3. The van der Waals surface area contributed by atoms with Crippen LogP contribution >= 0.6 is 11.8 Å². The maximum Gasteiger partial charge on any atom is 0.191 e.